The fourth-order valence-corrected chi connectivity index (χ4v) is 1.25. The Hall–Kier alpha value is 0.205. The van der Waals surface area contributed by atoms with E-state index in [2.05, 4.69) is 4.31 Å². The van der Waals surface area contributed by atoms with Crippen LogP contribution >= 0.6 is 15.6 Å². The van der Waals surface area contributed by atoms with E-state index in [1.807, 2.05) is 0 Å². The van der Waals surface area contributed by atoms with Crippen LogP contribution in [-0.4, -0.2) is 42.0 Å². The van der Waals surface area contributed by atoms with Gasteiger partial charge in [-0.05, 0) is 0 Å². The van der Waals surface area contributed by atoms with Crippen LogP contribution in [0.15, 0.2) is 0 Å². The van der Waals surface area contributed by atoms with Crippen LogP contribution in [0.2, 0.25) is 0 Å². The van der Waals surface area contributed by atoms with Gasteiger partial charge >= 0.3 is 23.0 Å². The van der Waals surface area contributed by atoms with Crippen molar-refractivity contribution in [2.75, 3.05) is 0 Å². The lowest BCUT2D eigenvalue weighted by Crippen LogP contribution is -2.07. The molecule has 0 heterocycles. The van der Waals surface area contributed by atoms with Crippen molar-refractivity contribution in [3.8, 4) is 0 Å². The smallest absolute Gasteiger partial charge is 0.402 e. The number of rotatable bonds is 2. The Morgan fingerprint density at radius 2 is 1.00 bits per heavy atom. The summed E-state index contributed by atoms with van der Waals surface area (Å²) >= 11 is 0. The zero-order valence-corrected chi connectivity index (χ0v) is 7.62. The van der Waals surface area contributed by atoms with E-state index in [9.17, 15) is 9.13 Å². The maximum atomic E-state index is 9.63. The molecule has 80 valence electrons. The van der Waals surface area contributed by atoms with Crippen molar-refractivity contribution in [1.82, 2.24) is 0 Å². The minimum Gasteiger partial charge on any atom is -0.402 e. The molecule has 0 aromatic heterocycles. The molecule has 0 aromatic carbocycles. The molecule has 0 aliphatic heterocycles. The predicted octanol–water partition coefficient (Wildman–Crippen LogP) is -2.86. The molecule has 0 spiro atoms. The van der Waals surface area contributed by atoms with Gasteiger partial charge in [0.25, 0.3) is 0 Å². The van der Waals surface area contributed by atoms with Crippen molar-refractivity contribution >= 4 is 23.0 Å². The van der Waals surface area contributed by atoms with E-state index < -0.39 is 23.0 Å². The Bertz CT molecular complexity index is 184. The van der Waals surface area contributed by atoms with Gasteiger partial charge in [-0.1, -0.05) is 0 Å². The highest BCUT2D eigenvalue weighted by molar-refractivity contribution is 7.60. The first kappa shape index (κ1) is 15.7. The van der Waals surface area contributed by atoms with Crippen LogP contribution < -0.4 is 0 Å². The molecule has 0 fully saturated rings. The predicted molar refractivity (Wildman–Crippen MR) is 37.6 cm³/mol. The van der Waals surface area contributed by atoms with Gasteiger partial charge in [-0.25, -0.2) is 9.13 Å². The van der Waals surface area contributed by atoms with E-state index in [4.69, 9.17) is 34.6 Å². The van der Waals surface area contributed by atoms with Gasteiger partial charge in [-0.3, -0.25) is 0 Å². The summed E-state index contributed by atoms with van der Waals surface area (Å²) in [4.78, 5) is 31.0. The summed E-state index contributed by atoms with van der Waals surface area (Å²) in [6.45, 7) is 0. The standard InChI is InChI=1S/BH3O3.H4O7P2/c2-1(3)4;1-8(2,3)7-9(4,5)6/h2-4H;(H2,1,2,3)(H2,4,5,6). The van der Waals surface area contributed by atoms with E-state index in [1.165, 1.54) is 0 Å². The molecule has 0 aliphatic carbocycles. The summed E-state index contributed by atoms with van der Waals surface area (Å²) in [5.74, 6) is 0. The van der Waals surface area contributed by atoms with Crippen molar-refractivity contribution < 1.29 is 48.1 Å². The number of phosphoric acid groups is 2. The molecule has 0 rings (SSSR count). The Morgan fingerprint density at radius 3 is 1.00 bits per heavy atom. The minimum absolute atomic E-state index is 2.17. The average molecular weight is 240 g/mol. The van der Waals surface area contributed by atoms with Gasteiger partial charge in [0.15, 0.2) is 0 Å². The Balaban J connectivity index is 0. The molecule has 0 aliphatic rings. The van der Waals surface area contributed by atoms with Crippen LogP contribution in [0.1, 0.15) is 0 Å². The van der Waals surface area contributed by atoms with Crippen molar-refractivity contribution in [3.05, 3.63) is 0 Å². The fourth-order valence-electron chi connectivity index (χ4n) is 0.139. The van der Waals surface area contributed by atoms with Gasteiger partial charge in [0.1, 0.15) is 0 Å². The number of hydrogen-bond donors (Lipinski definition) is 7. The van der Waals surface area contributed by atoms with Crippen LogP contribution in [0.4, 0.5) is 0 Å². The van der Waals surface area contributed by atoms with E-state index >= 15 is 0 Å². The van der Waals surface area contributed by atoms with Gasteiger partial charge in [0.2, 0.25) is 0 Å². The zero-order chi connectivity index (χ0) is 11.3. The van der Waals surface area contributed by atoms with E-state index in [-0.39, 0.29) is 0 Å². The third-order valence-electron chi connectivity index (χ3n) is 0.213. The molecule has 0 atom stereocenters. The molecule has 0 aromatic rings. The van der Waals surface area contributed by atoms with Crippen molar-refractivity contribution in [1.29, 1.82) is 0 Å². The second-order valence-corrected chi connectivity index (χ2v) is 4.02. The molecule has 13 heavy (non-hydrogen) atoms. The molecule has 0 unspecified atom stereocenters. The van der Waals surface area contributed by atoms with Crippen LogP contribution in [0.3, 0.4) is 0 Å². The van der Waals surface area contributed by atoms with E-state index in [0.717, 1.165) is 0 Å². The van der Waals surface area contributed by atoms with Crippen LogP contribution in [0.5, 0.6) is 0 Å². The monoisotopic (exact) mass is 240 g/mol. The molecule has 10 nitrogen and oxygen atoms in total. The highest BCUT2D eigenvalue weighted by Crippen LogP contribution is 2.53. The molecule has 0 saturated carbocycles. The molecule has 0 bridgehead atoms. The molecular formula is H7BO10P2. The normalized spacial score (nSPS) is 11.6. The quantitative estimate of drug-likeness (QED) is 0.195. The van der Waals surface area contributed by atoms with Crippen LogP contribution in [0, 0.1) is 0 Å². The summed E-state index contributed by atoms with van der Waals surface area (Å²) in [5.41, 5.74) is 0. The third-order valence-corrected chi connectivity index (χ3v) is 1.91. The van der Waals surface area contributed by atoms with E-state index in [1.54, 1.807) is 0 Å². The fraction of sp³-hybridized carbons (Fsp3) is 0. The second-order valence-electron chi connectivity index (χ2n) is 1.41. The van der Waals surface area contributed by atoms with Crippen molar-refractivity contribution in [3.63, 3.8) is 0 Å². The lowest BCUT2D eigenvalue weighted by atomic mass is 10.3. The largest absolute Gasteiger partial charge is 0.631 e. The maximum Gasteiger partial charge on any atom is 0.631 e. The molecule has 0 saturated heterocycles. The number of hydrogen-bond acceptors (Lipinski definition) is 6. The highest BCUT2D eigenvalue weighted by Gasteiger charge is 2.27. The molecule has 0 radical (unpaired) electrons. The average Bonchev–Trinajstić information content (AvgIpc) is 1.47. The first-order valence-electron chi connectivity index (χ1n) is 2.30. The van der Waals surface area contributed by atoms with Gasteiger partial charge in [-0.2, -0.15) is 4.31 Å². The van der Waals surface area contributed by atoms with Crippen molar-refractivity contribution in [2.24, 2.45) is 0 Å². The van der Waals surface area contributed by atoms with Crippen LogP contribution in [-0.2, 0) is 13.4 Å². The van der Waals surface area contributed by atoms with Gasteiger partial charge in [0.05, 0.1) is 0 Å². The Kier molecular flexibility index (Phi) is 7.03. The maximum absolute atomic E-state index is 9.63. The first-order chi connectivity index (χ1) is 5.44. The molecule has 13 heteroatoms. The van der Waals surface area contributed by atoms with Crippen LogP contribution in [0.25, 0.3) is 0 Å². The molecule has 0 amide bonds. The SMILES string of the molecule is O=P(O)(O)OP(=O)(O)O.OB(O)O. The minimum atomic E-state index is -5.05. The molecule has 7 N–H and O–H groups in total. The lowest BCUT2D eigenvalue weighted by Gasteiger charge is -2.03. The summed E-state index contributed by atoms with van der Waals surface area (Å²) in [6.07, 6.45) is 0. The summed E-state index contributed by atoms with van der Waals surface area (Å²) in [5, 5.41) is 21.5. The highest BCUT2D eigenvalue weighted by atomic mass is 31.3. The zero-order valence-electron chi connectivity index (χ0n) is 5.83. The summed E-state index contributed by atoms with van der Waals surface area (Å²) in [7, 11) is -12.3. The van der Waals surface area contributed by atoms with Crippen molar-refractivity contribution in [2.45, 2.75) is 0 Å². The van der Waals surface area contributed by atoms with Gasteiger partial charge in [0, 0.05) is 0 Å². The van der Waals surface area contributed by atoms with Gasteiger partial charge in [-0.15, -0.1) is 0 Å². The third kappa shape index (κ3) is 33.0. The topological polar surface area (TPSA) is 185 Å². The first-order valence-corrected chi connectivity index (χ1v) is 5.37. The molecular weight excluding hydrogens is 233 g/mol. The second kappa shape index (κ2) is 5.84. The van der Waals surface area contributed by atoms with Gasteiger partial charge < -0.3 is 34.6 Å². The summed E-state index contributed by atoms with van der Waals surface area (Å²) < 4.78 is 22.2. The Labute approximate surface area is 72.1 Å². The Morgan fingerprint density at radius 1 is 0.846 bits per heavy atom. The van der Waals surface area contributed by atoms with E-state index in [0.29, 0.717) is 0 Å². The summed E-state index contributed by atoms with van der Waals surface area (Å²) in [6, 6.07) is 0. The lowest BCUT2D eigenvalue weighted by molar-refractivity contribution is 0.225.